The van der Waals surface area contributed by atoms with Crippen molar-refractivity contribution < 1.29 is 127 Å². The van der Waals surface area contributed by atoms with Gasteiger partial charge in [-0.05, 0) is 18.3 Å². The molecule has 5 nitrogen and oxygen atoms in total. The molecular weight excluding hydrogens is 230 g/mol. The Labute approximate surface area is 160 Å². The molecule has 0 aliphatic rings. The molecule has 0 N–H and O–H groups in total. The molecule has 0 saturated heterocycles. The summed E-state index contributed by atoms with van der Waals surface area (Å²) in [5.41, 5.74) is 0. The smallest absolute Gasteiger partial charge is 0.652 e. The molecule has 1 aromatic rings. The summed E-state index contributed by atoms with van der Waals surface area (Å²) in [6.07, 6.45) is -0.205. The molecule has 0 atom stereocenters. The van der Waals surface area contributed by atoms with Crippen LogP contribution >= 0.6 is 0 Å². The Morgan fingerprint density at radius 3 is 2.00 bits per heavy atom. The second-order valence-corrected chi connectivity index (χ2v) is 1.38. The minimum absolute atomic E-state index is 0. The van der Waals surface area contributed by atoms with Crippen molar-refractivity contribution in [2.75, 3.05) is 0 Å². The van der Waals surface area contributed by atoms with Crippen molar-refractivity contribution in [3.63, 3.8) is 0 Å². The van der Waals surface area contributed by atoms with Gasteiger partial charge in [0.1, 0.15) is 0 Å². The predicted octanol–water partition coefficient (Wildman–Crippen LogP) is -7.35. The van der Waals surface area contributed by atoms with Gasteiger partial charge in [0.15, 0.2) is 12.0 Å². The first-order chi connectivity index (χ1) is 5.16. The average molecular weight is 234 g/mol. The van der Waals surface area contributed by atoms with Gasteiger partial charge in [-0.1, -0.05) is 0 Å². The molecule has 7 heteroatoms. The largest absolute Gasteiger partial charge is 1.00 e. The molecule has 13 heavy (non-hydrogen) atoms. The van der Waals surface area contributed by atoms with Gasteiger partial charge in [0.2, 0.25) is 0 Å². The normalized spacial score (nSPS) is 6.46. The van der Waals surface area contributed by atoms with E-state index in [9.17, 15) is 4.79 Å². The summed E-state index contributed by atoms with van der Waals surface area (Å²) < 4.78 is 4.61. The predicted molar refractivity (Wildman–Crippen MR) is 29.5 cm³/mol. The van der Waals surface area contributed by atoms with Crippen LogP contribution in [0.4, 0.5) is 4.79 Å². The fourth-order valence-corrected chi connectivity index (χ4v) is 0.358. The van der Waals surface area contributed by atoms with Crippen molar-refractivity contribution in [3.05, 3.63) is 24.2 Å². The number of aldehydes is 1. The topological polar surface area (TPSA) is 93.4 Å². The maximum absolute atomic E-state index is 9.77. The van der Waals surface area contributed by atoms with Gasteiger partial charge in [-0.2, -0.15) is 0 Å². The summed E-state index contributed by atoms with van der Waals surface area (Å²) in [6, 6.07) is 3.27. The maximum atomic E-state index is 9.77. The van der Waals surface area contributed by atoms with Gasteiger partial charge in [0.25, 0.3) is 0 Å². The number of rotatable bonds is 1. The molecule has 1 heterocycles. The molecule has 0 unspecified atom stereocenters. The van der Waals surface area contributed by atoms with Crippen molar-refractivity contribution >= 4 is 12.4 Å². The van der Waals surface area contributed by atoms with E-state index in [2.05, 4.69) is 4.42 Å². The SMILES string of the molecule is O=C([O-])[O-].O=Cc1ccco1.[K+].[K+]. The van der Waals surface area contributed by atoms with Gasteiger partial charge in [-0.15, -0.1) is 0 Å². The summed E-state index contributed by atoms with van der Waals surface area (Å²) in [5, 5.41) is 16.7. The van der Waals surface area contributed by atoms with Crippen LogP contribution < -0.4 is 113 Å². The van der Waals surface area contributed by atoms with Crippen LogP contribution in [0, 0.1) is 0 Å². The summed E-state index contributed by atoms with van der Waals surface area (Å²) >= 11 is 0. The zero-order chi connectivity index (χ0) is 8.69. The van der Waals surface area contributed by atoms with Crippen LogP contribution in [0.5, 0.6) is 0 Å². The molecule has 0 aliphatic heterocycles. The first-order valence-electron chi connectivity index (χ1n) is 2.53. The monoisotopic (exact) mass is 234 g/mol. The number of carboxylic acid groups (broad SMARTS) is 2. The van der Waals surface area contributed by atoms with E-state index in [1.165, 1.54) is 6.26 Å². The Bertz CT molecular complexity index is 217. The van der Waals surface area contributed by atoms with E-state index in [1.807, 2.05) is 0 Å². The number of carbonyl (C=O) groups is 2. The van der Waals surface area contributed by atoms with E-state index >= 15 is 0 Å². The van der Waals surface area contributed by atoms with Crippen LogP contribution in [0.15, 0.2) is 22.8 Å². The van der Waals surface area contributed by atoms with Crippen LogP contribution in [0.25, 0.3) is 0 Å². The molecule has 0 aromatic carbocycles. The first kappa shape index (κ1) is 20.0. The van der Waals surface area contributed by atoms with Gasteiger partial charge in [-0.25, -0.2) is 0 Å². The second kappa shape index (κ2) is 13.5. The van der Waals surface area contributed by atoms with Crippen LogP contribution in [-0.4, -0.2) is 12.4 Å². The molecule has 0 fully saturated rings. The molecule has 0 radical (unpaired) electrons. The Morgan fingerprint density at radius 1 is 1.38 bits per heavy atom. The Morgan fingerprint density at radius 2 is 1.85 bits per heavy atom. The van der Waals surface area contributed by atoms with Crippen LogP contribution in [0.3, 0.4) is 0 Å². The van der Waals surface area contributed by atoms with E-state index < -0.39 is 6.16 Å². The molecule has 0 amide bonds. The number of furan rings is 1. The number of hydrogen-bond acceptors (Lipinski definition) is 5. The Hall–Kier alpha value is 1.49. The molecule has 0 saturated carbocycles. The van der Waals surface area contributed by atoms with Crippen molar-refractivity contribution in [3.8, 4) is 0 Å². The summed E-state index contributed by atoms with van der Waals surface area (Å²) in [5.74, 6) is 0.375. The van der Waals surface area contributed by atoms with Gasteiger partial charge in [-0.3, -0.25) is 4.79 Å². The number of carbonyl (C=O) groups excluding carboxylic acids is 2. The molecule has 1 aromatic heterocycles. The minimum Gasteiger partial charge on any atom is -0.652 e. The Balaban J connectivity index is -0.000000150. The minimum atomic E-state index is -2.33. The van der Waals surface area contributed by atoms with E-state index in [-0.39, 0.29) is 103 Å². The van der Waals surface area contributed by atoms with Gasteiger partial charge >= 0.3 is 103 Å². The summed E-state index contributed by atoms with van der Waals surface area (Å²) in [7, 11) is 0. The van der Waals surface area contributed by atoms with Crippen molar-refractivity contribution in [2.45, 2.75) is 0 Å². The maximum Gasteiger partial charge on any atom is 1.00 e. The second-order valence-electron chi connectivity index (χ2n) is 1.38. The van der Waals surface area contributed by atoms with E-state index in [4.69, 9.17) is 15.0 Å². The van der Waals surface area contributed by atoms with Crippen LogP contribution in [0.1, 0.15) is 10.6 Å². The standard InChI is InChI=1S/C5H4O2.CH2O3.2K/c6-4-5-2-1-3-7-5;2-1(3)4;;/h1-4H;(H2,2,3,4);;/q;;2*+1/p-2. The molecule has 0 aliphatic carbocycles. The molecule has 0 spiro atoms. The fraction of sp³-hybridized carbons (Fsp3) is 0. The third-order valence-electron chi connectivity index (χ3n) is 0.659. The summed E-state index contributed by atoms with van der Waals surface area (Å²) in [4.78, 5) is 18.1. The van der Waals surface area contributed by atoms with Crippen LogP contribution in [0.2, 0.25) is 0 Å². The molecule has 60 valence electrons. The van der Waals surface area contributed by atoms with Crippen molar-refractivity contribution in [2.24, 2.45) is 0 Å². The van der Waals surface area contributed by atoms with Crippen molar-refractivity contribution in [1.82, 2.24) is 0 Å². The Kier molecular flexibility index (Phi) is 20.7. The molecule has 0 bridgehead atoms. The van der Waals surface area contributed by atoms with Gasteiger partial charge in [0, 0.05) is 0 Å². The van der Waals surface area contributed by atoms with E-state index in [0.29, 0.717) is 12.0 Å². The first-order valence-corrected chi connectivity index (χ1v) is 2.53. The van der Waals surface area contributed by atoms with Gasteiger partial charge in [0.05, 0.1) is 6.26 Å². The number of hydrogen-bond donors (Lipinski definition) is 0. The molecule has 1 rings (SSSR count). The average Bonchev–Trinajstić information content (AvgIpc) is 2.36. The van der Waals surface area contributed by atoms with Crippen molar-refractivity contribution in [1.29, 1.82) is 0 Å². The van der Waals surface area contributed by atoms with Gasteiger partial charge < -0.3 is 19.4 Å². The van der Waals surface area contributed by atoms with E-state index in [0.717, 1.165) is 0 Å². The quantitative estimate of drug-likeness (QED) is 0.355. The zero-order valence-corrected chi connectivity index (χ0v) is 13.6. The zero-order valence-electron chi connectivity index (χ0n) is 7.35. The molecular formula is C6H4K2O5. The van der Waals surface area contributed by atoms with E-state index in [1.54, 1.807) is 12.1 Å². The fourth-order valence-electron chi connectivity index (χ4n) is 0.358. The third-order valence-corrected chi connectivity index (χ3v) is 0.659. The third kappa shape index (κ3) is 16.2. The van der Waals surface area contributed by atoms with Crippen LogP contribution in [-0.2, 0) is 0 Å². The summed E-state index contributed by atoms with van der Waals surface area (Å²) in [6.45, 7) is 0.